The summed E-state index contributed by atoms with van der Waals surface area (Å²) in [5.41, 5.74) is 0.635. The Labute approximate surface area is 109 Å². The first-order valence-electron chi connectivity index (χ1n) is 5.58. The van der Waals surface area contributed by atoms with Crippen molar-refractivity contribution in [1.82, 2.24) is 0 Å². The summed E-state index contributed by atoms with van der Waals surface area (Å²) in [4.78, 5) is 0. The number of hydrogen-bond acceptors (Lipinski definition) is 3. The molecular weight excluding hydrogens is 253 g/mol. The van der Waals surface area contributed by atoms with Gasteiger partial charge in [0, 0.05) is 6.07 Å². The Morgan fingerprint density at radius 2 is 1.68 bits per heavy atom. The second-order valence-corrected chi connectivity index (χ2v) is 4.01. The van der Waals surface area contributed by atoms with Gasteiger partial charge in [-0.25, -0.2) is 8.78 Å². The molecule has 2 aromatic rings. The molecule has 0 heterocycles. The zero-order chi connectivity index (χ0) is 13.8. The van der Waals surface area contributed by atoms with Gasteiger partial charge in [0.1, 0.15) is 24.0 Å². The number of rotatable bonds is 4. The van der Waals surface area contributed by atoms with E-state index >= 15 is 0 Å². The molecule has 0 unspecified atom stereocenters. The van der Waals surface area contributed by atoms with Gasteiger partial charge in [-0.2, -0.15) is 0 Å². The van der Waals surface area contributed by atoms with E-state index in [1.54, 1.807) is 12.1 Å². The van der Waals surface area contributed by atoms with Gasteiger partial charge in [-0.3, -0.25) is 0 Å². The molecular formula is C13H11BF2O3. The molecule has 98 valence electrons. The highest BCUT2D eigenvalue weighted by atomic mass is 19.1. The maximum atomic E-state index is 13.0. The smallest absolute Gasteiger partial charge is 0.488 e. The second kappa shape index (κ2) is 5.82. The maximum absolute atomic E-state index is 13.0. The molecule has 0 aliphatic rings. The van der Waals surface area contributed by atoms with E-state index in [0.717, 1.165) is 6.07 Å². The third-order valence-corrected chi connectivity index (χ3v) is 2.48. The average Bonchev–Trinajstić information content (AvgIpc) is 2.35. The molecule has 2 N–H and O–H groups in total. The van der Waals surface area contributed by atoms with Gasteiger partial charge in [-0.15, -0.1) is 0 Å². The van der Waals surface area contributed by atoms with Crippen LogP contribution in [0.15, 0.2) is 42.5 Å². The van der Waals surface area contributed by atoms with Crippen molar-refractivity contribution in [3.8, 4) is 5.75 Å². The first-order chi connectivity index (χ1) is 9.04. The van der Waals surface area contributed by atoms with Crippen molar-refractivity contribution in [3.05, 3.63) is 59.7 Å². The lowest BCUT2D eigenvalue weighted by Gasteiger charge is -2.08. The maximum Gasteiger partial charge on any atom is 0.488 e. The SMILES string of the molecule is OB(O)c1cccc(OCc2cc(F)cc(F)c2)c1. The van der Waals surface area contributed by atoms with Crippen molar-refractivity contribution in [1.29, 1.82) is 0 Å². The molecule has 6 heteroatoms. The molecule has 0 atom stereocenters. The highest BCUT2D eigenvalue weighted by Crippen LogP contribution is 2.13. The molecule has 2 aromatic carbocycles. The third-order valence-electron chi connectivity index (χ3n) is 2.48. The van der Waals surface area contributed by atoms with Crippen LogP contribution in [0.4, 0.5) is 8.78 Å². The van der Waals surface area contributed by atoms with Crippen LogP contribution in [0.1, 0.15) is 5.56 Å². The monoisotopic (exact) mass is 264 g/mol. The quantitative estimate of drug-likeness (QED) is 0.816. The van der Waals surface area contributed by atoms with Crippen molar-refractivity contribution < 1.29 is 23.6 Å². The lowest BCUT2D eigenvalue weighted by molar-refractivity contribution is 0.305. The first kappa shape index (κ1) is 13.5. The standard InChI is InChI=1S/C13H11BF2O3/c15-11-4-9(5-12(16)7-11)8-19-13-3-1-2-10(6-13)14(17)18/h1-7,17-18H,8H2. The molecule has 2 rings (SSSR count). The highest BCUT2D eigenvalue weighted by molar-refractivity contribution is 6.58. The Hall–Kier alpha value is -1.92. The van der Waals surface area contributed by atoms with Crippen LogP contribution in [0.5, 0.6) is 5.75 Å². The fourth-order valence-electron chi connectivity index (χ4n) is 1.63. The Morgan fingerprint density at radius 3 is 2.32 bits per heavy atom. The predicted octanol–water partition coefficient (Wildman–Crippen LogP) is 1.22. The van der Waals surface area contributed by atoms with Crippen LogP contribution in [0.2, 0.25) is 0 Å². The Morgan fingerprint density at radius 1 is 1.00 bits per heavy atom. The van der Waals surface area contributed by atoms with Crippen LogP contribution in [0.3, 0.4) is 0 Å². The van der Waals surface area contributed by atoms with E-state index in [0.29, 0.717) is 11.3 Å². The number of ether oxygens (including phenoxy) is 1. The van der Waals surface area contributed by atoms with Crippen molar-refractivity contribution in [2.75, 3.05) is 0 Å². The van der Waals surface area contributed by atoms with Gasteiger partial charge in [0.15, 0.2) is 0 Å². The predicted molar refractivity (Wildman–Crippen MR) is 67.0 cm³/mol. The summed E-state index contributed by atoms with van der Waals surface area (Å²) in [7, 11) is -1.59. The van der Waals surface area contributed by atoms with Crippen LogP contribution in [-0.4, -0.2) is 17.2 Å². The lowest BCUT2D eigenvalue weighted by atomic mass is 9.80. The van der Waals surface area contributed by atoms with Gasteiger partial charge < -0.3 is 14.8 Å². The van der Waals surface area contributed by atoms with Crippen LogP contribution in [0, 0.1) is 11.6 Å². The number of halogens is 2. The average molecular weight is 264 g/mol. The van der Waals surface area contributed by atoms with Gasteiger partial charge >= 0.3 is 7.12 Å². The van der Waals surface area contributed by atoms with Gasteiger partial charge in [0.2, 0.25) is 0 Å². The minimum Gasteiger partial charge on any atom is -0.489 e. The van der Waals surface area contributed by atoms with Crippen molar-refractivity contribution in [2.45, 2.75) is 6.61 Å². The minimum absolute atomic E-state index is 0.0142. The molecule has 0 amide bonds. The van der Waals surface area contributed by atoms with Gasteiger partial charge in [0.05, 0.1) is 0 Å². The molecule has 0 spiro atoms. The number of hydrogen-bond donors (Lipinski definition) is 2. The first-order valence-corrected chi connectivity index (χ1v) is 5.58. The van der Waals surface area contributed by atoms with E-state index in [9.17, 15) is 8.78 Å². The topological polar surface area (TPSA) is 49.7 Å². The lowest BCUT2D eigenvalue weighted by Crippen LogP contribution is -2.29. The Balaban J connectivity index is 2.07. The molecule has 0 bridgehead atoms. The van der Waals surface area contributed by atoms with E-state index in [1.165, 1.54) is 24.3 Å². The van der Waals surface area contributed by atoms with Gasteiger partial charge in [-0.05, 0) is 35.3 Å². The zero-order valence-electron chi connectivity index (χ0n) is 9.88. The molecule has 0 fully saturated rings. The van der Waals surface area contributed by atoms with E-state index in [-0.39, 0.29) is 12.1 Å². The normalized spacial score (nSPS) is 10.3. The number of benzene rings is 2. The second-order valence-electron chi connectivity index (χ2n) is 4.01. The summed E-state index contributed by atoms with van der Waals surface area (Å²) < 4.78 is 31.3. The van der Waals surface area contributed by atoms with Crippen molar-refractivity contribution in [2.24, 2.45) is 0 Å². The molecule has 0 radical (unpaired) electrons. The largest absolute Gasteiger partial charge is 0.489 e. The molecule has 0 aromatic heterocycles. The zero-order valence-corrected chi connectivity index (χ0v) is 9.88. The summed E-state index contributed by atoms with van der Waals surface area (Å²) in [6.45, 7) is -0.0142. The minimum atomic E-state index is -1.59. The molecule has 0 saturated heterocycles. The van der Waals surface area contributed by atoms with E-state index in [1.807, 2.05) is 0 Å². The van der Waals surface area contributed by atoms with Crippen LogP contribution in [0.25, 0.3) is 0 Å². The summed E-state index contributed by atoms with van der Waals surface area (Å²) in [6.07, 6.45) is 0. The van der Waals surface area contributed by atoms with Gasteiger partial charge in [0.25, 0.3) is 0 Å². The summed E-state index contributed by atoms with van der Waals surface area (Å²) >= 11 is 0. The van der Waals surface area contributed by atoms with E-state index in [2.05, 4.69) is 0 Å². The molecule has 0 aliphatic heterocycles. The van der Waals surface area contributed by atoms with Crippen LogP contribution < -0.4 is 10.2 Å². The highest BCUT2D eigenvalue weighted by Gasteiger charge is 2.11. The third kappa shape index (κ3) is 3.77. The summed E-state index contributed by atoms with van der Waals surface area (Å²) in [6, 6.07) is 9.31. The molecule has 0 aliphatic carbocycles. The van der Waals surface area contributed by atoms with E-state index in [4.69, 9.17) is 14.8 Å². The summed E-state index contributed by atoms with van der Waals surface area (Å²) in [5, 5.41) is 18.0. The van der Waals surface area contributed by atoms with E-state index < -0.39 is 18.8 Å². The fraction of sp³-hybridized carbons (Fsp3) is 0.0769. The van der Waals surface area contributed by atoms with Crippen molar-refractivity contribution >= 4 is 12.6 Å². The fourth-order valence-corrected chi connectivity index (χ4v) is 1.63. The van der Waals surface area contributed by atoms with Crippen LogP contribution >= 0.6 is 0 Å². The molecule has 3 nitrogen and oxygen atoms in total. The van der Waals surface area contributed by atoms with Crippen molar-refractivity contribution in [3.63, 3.8) is 0 Å². The molecule has 0 saturated carbocycles. The summed E-state index contributed by atoms with van der Waals surface area (Å²) in [5.74, 6) is -0.952. The van der Waals surface area contributed by atoms with Crippen LogP contribution in [-0.2, 0) is 6.61 Å². The Bertz CT molecular complexity index is 555. The molecule has 19 heavy (non-hydrogen) atoms. The van der Waals surface area contributed by atoms with Gasteiger partial charge in [-0.1, -0.05) is 12.1 Å². The Kier molecular flexibility index (Phi) is 4.14.